The van der Waals surface area contributed by atoms with Crippen LogP contribution in [0.3, 0.4) is 0 Å². The van der Waals surface area contributed by atoms with Crippen molar-refractivity contribution >= 4 is 11.9 Å². The molecule has 1 N–H and O–H groups in total. The molecule has 0 atom stereocenters. The number of amides is 1. The summed E-state index contributed by atoms with van der Waals surface area (Å²) in [5.41, 5.74) is -1.92. The number of carbonyl (C=O) groups is 2. The second-order valence-corrected chi connectivity index (χ2v) is 5.26. The van der Waals surface area contributed by atoms with Gasteiger partial charge in [0.25, 0.3) is 0 Å². The molecule has 1 amide bonds. The van der Waals surface area contributed by atoms with Crippen molar-refractivity contribution in [3.8, 4) is 0 Å². The molecule has 0 spiro atoms. The quantitative estimate of drug-likeness (QED) is 0.930. The van der Waals surface area contributed by atoms with Gasteiger partial charge in [-0.3, -0.25) is 9.59 Å². The number of carboxylic acids is 1. The van der Waals surface area contributed by atoms with Gasteiger partial charge in [-0.25, -0.2) is 0 Å². The van der Waals surface area contributed by atoms with Crippen molar-refractivity contribution in [3.05, 3.63) is 35.4 Å². The van der Waals surface area contributed by atoms with Gasteiger partial charge in [0.05, 0.1) is 11.0 Å². The summed E-state index contributed by atoms with van der Waals surface area (Å²) in [5.74, 6) is -1.75. The van der Waals surface area contributed by atoms with E-state index in [0.29, 0.717) is 0 Å². The summed E-state index contributed by atoms with van der Waals surface area (Å²) in [5, 5.41) is 8.68. The summed E-state index contributed by atoms with van der Waals surface area (Å²) in [4.78, 5) is 23.8. The Morgan fingerprint density at radius 3 is 2.19 bits per heavy atom. The van der Waals surface area contributed by atoms with Crippen LogP contribution in [-0.4, -0.2) is 35.5 Å². The number of carbonyl (C=O) groups excluding carboxylic acids is 1. The van der Waals surface area contributed by atoms with Crippen LogP contribution in [0.4, 0.5) is 13.2 Å². The van der Waals surface area contributed by atoms with Crippen LogP contribution in [0.15, 0.2) is 24.3 Å². The van der Waals surface area contributed by atoms with Crippen LogP contribution in [0.2, 0.25) is 0 Å². The van der Waals surface area contributed by atoms with Crippen LogP contribution in [0.25, 0.3) is 0 Å². The molecule has 0 saturated carbocycles. The standard InChI is InChI=1S/C14H16F3NO3/c1-13(2,12(21)18(3)8-11(19)20)9-5-4-6-10(7-9)14(15,16)17/h4-7H,8H2,1-3H3,(H,19,20). The van der Waals surface area contributed by atoms with E-state index in [4.69, 9.17) is 5.11 Å². The summed E-state index contributed by atoms with van der Waals surface area (Å²) in [6.07, 6.45) is -4.50. The molecule has 0 aliphatic heterocycles. The Hall–Kier alpha value is -2.05. The number of likely N-dealkylation sites (N-methyl/N-ethyl adjacent to an activating group) is 1. The predicted molar refractivity (Wildman–Crippen MR) is 69.7 cm³/mol. The number of hydrogen-bond donors (Lipinski definition) is 1. The van der Waals surface area contributed by atoms with E-state index >= 15 is 0 Å². The molecule has 0 aliphatic rings. The minimum absolute atomic E-state index is 0.180. The molecule has 21 heavy (non-hydrogen) atoms. The first-order chi connectivity index (χ1) is 9.46. The summed E-state index contributed by atoms with van der Waals surface area (Å²) >= 11 is 0. The van der Waals surface area contributed by atoms with Crippen molar-refractivity contribution in [1.82, 2.24) is 4.90 Å². The fourth-order valence-electron chi connectivity index (χ4n) is 1.96. The normalized spacial score (nSPS) is 12.1. The number of aliphatic carboxylic acids is 1. The van der Waals surface area contributed by atoms with Crippen molar-refractivity contribution in [1.29, 1.82) is 0 Å². The highest BCUT2D eigenvalue weighted by Gasteiger charge is 2.36. The van der Waals surface area contributed by atoms with Crippen molar-refractivity contribution in [3.63, 3.8) is 0 Å². The Kier molecular flexibility index (Phi) is 4.65. The lowest BCUT2D eigenvalue weighted by molar-refractivity contribution is -0.145. The third kappa shape index (κ3) is 3.96. The van der Waals surface area contributed by atoms with Gasteiger partial charge in [-0.05, 0) is 25.5 Å². The first-order valence-corrected chi connectivity index (χ1v) is 6.11. The van der Waals surface area contributed by atoms with Crippen LogP contribution in [0.5, 0.6) is 0 Å². The second-order valence-electron chi connectivity index (χ2n) is 5.26. The highest BCUT2D eigenvalue weighted by atomic mass is 19.4. The lowest BCUT2D eigenvalue weighted by atomic mass is 9.82. The lowest BCUT2D eigenvalue weighted by Gasteiger charge is -2.29. The van der Waals surface area contributed by atoms with E-state index in [1.165, 1.54) is 33.0 Å². The number of nitrogens with zero attached hydrogens (tertiary/aromatic N) is 1. The average molecular weight is 303 g/mol. The summed E-state index contributed by atoms with van der Waals surface area (Å²) in [6, 6.07) is 4.48. The average Bonchev–Trinajstić information content (AvgIpc) is 2.36. The van der Waals surface area contributed by atoms with Gasteiger partial charge in [0.2, 0.25) is 5.91 Å². The van der Waals surface area contributed by atoms with E-state index in [9.17, 15) is 22.8 Å². The topological polar surface area (TPSA) is 57.6 Å². The van der Waals surface area contributed by atoms with Gasteiger partial charge in [-0.1, -0.05) is 18.2 Å². The van der Waals surface area contributed by atoms with E-state index in [2.05, 4.69) is 0 Å². The van der Waals surface area contributed by atoms with Crippen LogP contribution >= 0.6 is 0 Å². The summed E-state index contributed by atoms with van der Waals surface area (Å²) < 4.78 is 38.1. The van der Waals surface area contributed by atoms with Crippen LogP contribution in [0, 0.1) is 0 Å². The van der Waals surface area contributed by atoms with Crippen LogP contribution in [-0.2, 0) is 21.2 Å². The smallest absolute Gasteiger partial charge is 0.416 e. The molecular weight excluding hydrogens is 287 g/mol. The molecule has 0 aromatic heterocycles. The Morgan fingerprint density at radius 1 is 1.19 bits per heavy atom. The molecule has 116 valence electrons. The molecule has 1 aromatic rings. The Morgan fingerprint density at radius 2 is 1.71 bits per heavy atom. The van der Waals surface area contributed by atoms with Crippen molar-refractivity contribution in [2.24, 2.45) is 0 Å². The maximum absolute atomic E-state index is 12.7. The molecule has 0 saturated heterocycles. The van der Waals surface area contributed by atoms with Gasteiger partial charge < -0.3 is 10.0 Å². The first-order valence-electron chi connectivity index (χ1n) is 6.11. The summed E-state index contributed by atoms with van der Waals surface area (Å²) in [6.45, 7) is 2.41. The molecule has 0 fully saturated rings. The molecule has 0 unspecified atom stereocenters. The van der Waals surface area contributed by atoms with E-state index in [1.807, 2.05) is 0 Å². The Bertz CT molecular complexity index is 553. The molecular formula is C14H16F3NO3. The van der Waals surface area contributed by atoms with Gasteiger partial charge in [0, 0.05) is 7.05 Å². The maximum atomic E-state index is 12.7. The molecule has 0 heterocycles. The highest BCUT2D eigenvalue weighted by Crippen LogP contribution is 2.33. The fourth-order valence-corrected chi connectivity index (χ4v) is 1.96. The largest absolute Gasteiger partial charge is 0.480 e. The zero-order chi connectivity index (χ0) is 16.4. The Labute approximate surface area is 120 Å². The number of alkyl halides is 3. The summed E-state index contributed by atoms with van der Waals surface area (Å²) in [7, 11) is 1.30. The molecule has 0 bridgehead atoms. The van der Waals surface area contributed by atoms with Gasteiger partial charge in [-0.2, -0.15) is 13.2 Å². The zero-order valence-electron chi connectivity index (χ0n) is 11.9. The zero-order valence-corrected chi connectivity index (χ0v) is 11.9. The maximum Gasteiger partial charge on any atom is 0.416 e. The third-order valence-corrected chi connectivity index (χ3v) is 3.17. The van der Waals surface area contributed by atoms with E-state index < -0.39 is 35.6 Å². The molecule has 0 radical (unpaired) electrons. The SMILES string of the molecule is CN(CC(=O)O)C(=O)C(C)(C)c1cccc(C(F)(F)F)c1. The van der Waals surface area contributed by atoms with E-state index in [-0.39, 0.29) is 5.56 Å². The minimum Gasteiger partial charge on any atom is -0.480 e. The van der Waals surface area contributed by atoms with Crippen molar-refractivity contribution in [2.75, 3.05) is 13.6 Å². The molecule has 4 nitrogen and oxygen atoms in total. The van der Waals surface area contributed by atoms with Crippen LogP contribution < -0.4 is 0 Å². The van der Waals surface area contributed by atoms with Crippen molar-refractivity contribution < 1.29 is 27.9 Å². The minimum atomic E-state index is -4.50. The Balaban J connectivity index is 3.13. The third-order valence-electron chi connectivity index (χ3n) is 3.17. The number of benzene rings is 1. The van der Waals surface area contributed by atoms with E-state index in [0.717, 1.165) is 17.0 Å². The van der Waals surface area contributed by atoms with Crippen molar-refractivity contribution in [2.45, 2.75) is 25.4 Å². The number of halogens is 3. The predicted octanol–water partition coefficient (Wildman–Crippen LogP) is 2.53. The lowest BCUT2D eigenvalue weighted by Crippen LogP contribution is -2.43. The van der Waals surface area contributed by atoms with Gasteiger partial charge in [0.15, 0.2) is 0 Å². The number of rotatable bonds is 4. The molecule has 7 heteroatoms. The molecule has 0 aliphatic carbocycles. The van der Waals surface area contributed by atoms with Gasteiger partial charge in [0.1, 0.15) is 6.54 Å². The highest BCUT2D eigenvalue weighted by molar-refractivity contribution is 5.89. The fraction of sp³-hybridized carbons (Fsp3) is 0.429. The first kappa shape index (κ1) is 17.0. The molecule has 1 aromatic carbocycles. The van der Waals surface area contributed by atoms with Gasteiger partial charge >= 0.3 is 12.1 Å². The van der Waals surface area contributed by atoms with E-state index in [1.54, 1.807) is 0 Å². The van der Waals surface area contributed by atoms with Crippen LogP contribution in [0.1, 0.15) is 25.0 Å². The second kappa shape index (κ2) is 5.75. The number of carboxylic acid groups (broad SMARTS) is 1. The van der Waals surface area contributed by atoms with Gasteiger partial charge in [-0.15, -0.1) is 0 Å². The monoisotopic (exact) mass is 303 g/mol. The number of hydrogen-bond acceptors (Lipinski definition) is 2. The molecule has 1 rings (SSSR count).